The maximum Gasteiger partial charge on any atom is 0.219 e. The van der Waals surface area contributed by atoms with Gasteiger partial charge in [0, 0.05) is 13.0 Å². The largest absolute Gasteiger partial charge is 0.352 e. The molecule has 0 bridgehead atoms. The predicted octanol–water partition coefficient (Wildman–Crippen LogP) is 2.87. The van der Waals surface area contributed by atoms with Crippen LogP contribution in [0.2, 0.25) is 6.32 Å². The second kappa shape index (κ2) is 7.96. The maximum absolute atomic E-state index is 11.3. The lowest BCUT2D eigenvalue weighted by atomic mass is 10.0. The summed E-state index contributed by atoms with van der Waals surface area (Å²) in [6, 6.07) is 8.42. The Balaban J connectivity index is 2.46. The molecule has 0 fully saturated rings. The Morgan fingerprint density at radius 3 is 2.72 bits per heavy atom. The van der Waals surface area contributed by atoms with Crippen LogP contribution in [0, 0.1) is 5.92 Å². The van der Waals surface area contributed by atoms with Crippen LogP contribution in [0.4, 0.5) is 0 Å². The molecule has 0 aliphatic rings. The second-order valence-corrected chi connectivity index (χ2v) is 5.07. The van der Waals surface area contributed by atoms with Crippen molar-refractivity contribution in [2.75, 3.05) is 0 Å². The van der Waals surface area contributed by atoms with E-state index in [1.54, 1.807) is 0 Å². The van der Waals surface area contributed by atoms with Crippen molar-refractivity contribution in [2.45, 2.75) is 46.0 Å². The SMILES string of the molecule is [B]CCC(=O)NCc1cccc(CCC(C)C)c1. The van der Waals surface area contributed by atoms with Crippen molar-refractivity contribution in [2.24, 2.45) is 5.92 Å². The molecule has 0 aliphatic carbocycles. The van der Waals surface area contributed by atoms with Gasteiger partial charge in [-0.3, -0.25) is 4.79 Å². The summed E-state index contributed by atoms with van der Waals surface area (Å²) in [7, 11) is 5.33. The molecule has 0 aromatic heterocycles. The number of benzene rings is 1. The van der Waals surface area contributed by atoms with E-state index in [4.69, 9.17) is 7.85 Å². The van der Waals surface area contributed by atoms with Crippen LogP contribution in [0.25, 0.3) is 0 Å². The molecule has 18 heavy (non-hydrogen) atoms. The van der Waals surface area contributed by atoms with Gasteiger partial charge in [0.1, 0.15) is 0 Å². The lowest BCUT2D eigenvalue weighted by Gasteiger charge is -2.08. The highest BCUT2D eigenvalue weighted by molar-refractivity contribution is 6.09. The van der Waals surface area contributed by atoms with Gasteiger partial charge in [-0.05, 0) is 29.9 Å². The van der Waals surface area contributed by atoms with Gasteiger partial charge in [-0.1, -0.05) is 44.4 Å². The lowest BCUT2D eigenvalue weighted by Crippen LogP contribution is -2.22. The Morgan fingerprint density at radius 2 is 2.06 bits per heavy atom. The van der Waals surface area contributed by atoms with Crippen LogP contribution in [-0.4, -0.2) is 13.8 Å². The summed E-state index contributed by atoms with van der Waals surface area (Å²) >= 11 is 0. The summed E-state index contributed by atoms with van der Waals surface area (Å²) in [4.78, 5) is 11.3. The first-order valence-electron chi connectivity index (χ1n) is 6.66. The highest BCUT2D eigenvalue weighted by Gasteiger charge is 2.01. The first-order valence-corrected chi connectivity index (χ1v) is 6.66. The summed E-state index contributed by atoms with van der Waals surface area (Å²) < 4.78 is 0. The van der Waals surface area contributed by atoms with Crippen LogP contribution in [0.1, 0.15) is 37.8 Å². The molecular formula is C15H22BNO. The topological polar surface area (TPSA) is 29.1 Å². The fourth-order valence-electron chi connectivity index (χ4n) is 1.77. The molecule has 0 atom stereocenters. The highest BCUT2D eigenvalue weighted by Crippen LogP contribution is 2.11. The van der Waals surface area contributed by atoms with E-state index in [1.807, 2.05) is 6.07 Å². The molecule has 0 aliphatic heterocycles. The molecule has 1 rings (SSSR count). The number of carbonyl (C=O) groups excluding carboxylic acids is 1. The molecule has 1 N–H and O–H groups in total. The lowest BCUT2D eigenvalue weighted by molar-refractivity contribution is -0.120. The third-order valence-corrected chi connectivity index (χ3v) is 2.86. The van der Waals surface area contributed by atoms with Gasteiger partial charge in [0.2, 0.25) is 5.91 Å². The average molecular weight is 243 g/mol. The van der Waals surface area contributed by atoms with Gasteiger partial charge in [0.15, 0.2) is 0 Å². The third kappa shape index (κ3) is 5.90. The molecule has 0 spiro atoms. The van der Waals surface area contributed by atoms with Crippen molar-refractivity contribution in [3.63, 3.8) is 0 Å². The summed E-state index contributed by atoms with van der Waals surface area (Å²) in [5.41, 5.74) is 2.50. The minimum Gasteiger partial charge on any atom is -0.352 e. The van der Waals surface area contributed by atoms with Crippen LogP contribution in [0.5, 0.6) is 0 Å². The van der Waals surface area contributed by atoms with Crippen LogP contribution >= 0.6 is 0 Å². The molecule has 0 heterocycles. The predicted molar refractivity (Wildman–Crippen MR) is 76.6 cm³/mol. The Labute approximate surface area is 112 Å². The summed E-state index contributed by atoms with van der Waals surface area (Å²) in [5.74, 6) is 0.739. The van der Waals surface area contributed by atoms with Gasteiger partial charge in [0.05, 0.1) is 7.85 Å². The van der Waals surface area contributed by atoms with E-state index in [1.165, 1.54) is 12.0 Å². The third-order valence-electron chi connectivity index (χ3n) is 2.86. The van der Waals surface area contributed by atoms with Crippen molar-refractivity contribution in [3.05, 3.63) is 35.4 Å². The fourth-order valence-corrected chi connectivity index (χ4v) is 1.77. The van der Waals surface area contributed by atoms with E-state index in [0.717, 1.165) is 17.9 Å². The van der Waals surface area contributed by atoms with Gasteiger partial charge in [-0.15, -0.1) is 0 Å². The Kier molecular flexibility index (Phi) is 6.55. The number of amides is 1. The normalized spacial score (nSPS) is 10.6. The van der Waals surface area contributed by atoms with Gasteiger partial charge in [-0.2, -0.15) is 0 Å². The van der Waals surface area contributed by atoms with Gasteiger partial charge >= 0.3 is 0 Å². The molecule has 2 nitrogen and oxygen atoms in total. The molecule has 0 saturated carbocycles. The van der Waals surface area contributed by atoms with Crippen molar-refractivity contribution in [3.8, 4) is 0 Å². The van der Waals surface area contributed by atoms with Crippen molar-refractivity contribution >= 4 is 13.8 Å². The van der Waals surface area contributed by atoms with Crippen molar-refractivity contribution < 1.29 is 4.79 Å². The zero-order chi connectivity index (χ0) is 13.4. The van der Waals surface area contributed by atoms with Crippen LogP contribution in [0.3, 0.4) is 0 Å². The van der Waals surface area contributed by atoms with Gasteiger partial charge < -0.3 is 5.32 Å². The standard InChI is InChI=1S/C15H22BNO/c1-12(2)6-7-13-4-3-5-14(10-13)11-17-15(18)8-9-16/h3-5,10,12H,6-9,11H2,1-2H3,(H,17,18). The number of hydrogen-bond donors (Lipinski definition) is 1. The maximum atomic E-state index is 11.3. The molecule has 0 unspecified atom stereocenters. The van der Waals surface area contributed by atoms with Crippen molar-refractivity contribution in [1.82, 2.24) is 5.32 Å². The first-order chi connectivity index (χ1) is 8.61. The molecule has 3 heteroatoms. The molecule has 1 aromatic rings. The Morgan fingerprint density at radius 1 is 1.33 bits per heavy atom. The highest BCUT2D eigenvalue weighted by atomic mass is 16.1. The van der Waals surface area contributed by atoms with E-state index < -0.39 is 0 Å². The smallest absolute Gasteiger partial charge is 0.219 e. The van der Waals surface area contributed by atoms with Crippen LogP contribution in [0.15, 0.2) is 24.3 Å². The van der Waals surface area contributed by atoms with Crippen LogP contribution < -0.4 is 5.32 Å². The summed E-state index contributed by atoms with van der Waals surface area (Å²) in [6.45, 7) is 5.06. The first kappa shape index (κ1) is 14.8. The Hall–Kier alpha value is -1.25. The molecular weight excluding hydrogens is 221 g/mol. The summed E-state index contributed by atoms with van der Waals surface area (Å²) in [6.07, 6.45) is 3.10. The van der Waals surface area contributed by atoms with Crippen molar-refractivity contribution in [1.29, 1.82) is 0 Å². The summed E-state index contributed by atoms with van der Waals surface area (Å²) in [5, 5.41) is 2.87. The van der Waals surface area contributed by atoms with E-state index in [0.29, 0.717) is 19.3 Å². The van der Waals surface area contributed by atoms with E-state index in [-0.39, 0.29) is 5.91 Å². The molecule has 96 valence electrons. The van der Waals surface area contributed by atoms with E-state index in [9.17, 15) is 4.79 Å². The zero-order valence-electron chi connectivity index (χ0n) is 11.4. The van der Waals surface area contributed by atoms with Crippen LogP contribution in [-0.2, 0) is 17.8 Å². The fraction of sp³-hybridized carbons (Fsp3) is 0.533. The minimum absolute atomic E-state index is 0.0186. The number of aryl methyl sites for hydroxylation is 1. The van der Waals surface area contributed by atoms with Gasteiger partial charge in [0.25, 0.3) is 0 Å². The number of nitrogens with one attached hydrogen (secondary N) is 1. The monoisotopic (exact) mass is 243 g/mol. The molecule has 0 saturated heterocycles. The Bertz CT molecular complexity index is 377. The van der Waals surface area contributed by atoms with Gasteiger partial charge in [-0.25, -0.2) is 0 Å². The number of hydrogen-bond acceptors (Lipinski definition) is 1. The van der Waals surface area contributed by atoms with E-state index >= 15 is 0 Å². The quantitative estimate of drug-likeness (QED) is 0.733. The zero-order valence-corrected chi connectivity index (χ0v) is 11.4. The number of rotatable bonds is 7. The molecule has 1 aromatic carbocycles. The molecule has 2 radical (unpaired) electrons. The average Bonchev–Trinajstić information content (AvgIpc) is 2.35. The van der Waals surface area contributed by atoms with E-state index in [2.05, 4.69) is 37.4 Å². The second-order valence-electron chi connectivity index (χ2n) is 5.07. The number of carbonyl (C=O) groups is 1. The minimum atomic E-state index is 0.0186. The molecule has 1 amide bonds.